The van der Waals surface area contributed by atoms with E-state index < -0.39 is 6.04 Å². The number of nitrogens with one attached hydrogen (secondary N) is 3. The Kier molecular flexibility index (Phi) is 7.33. The van der Waals surface area contributed by atoms with Crippen LogP contribution in [0.25, 0.3) is 0 Å². The SMILES string of the molecule is CC(C)CC(=O)NC(C(=O)NCC1(C)CCNCC1)C(C)C. The average molecular weight is 311 g/mol. The third-order valence-corrected chi connectivity index (χ3v) is 4.36. The van der Waals surface area contributed by atoms with Crippen molar-refractivity contribution in [3.63, 3.8) is 0 Å². The van der Waals surface area contributed by atoms with Crippen molar-refractivity contribution in [3.8, 4) is 0 Å². The molecule has 1 fully saturated rings. The van der Waals surface area contributed by atoms with E-state index in [4.69, 9.17) is 0 Å². The number of rotatable bonds is 7. The summed E-state index contributed by atoms with van der Waals surface area (Å²) in [6.07, 6.45) is 2.60. The Labute approximate surface area is 135 Å². The van der Waals surface area contributed by atoms with Crippen LogP contribution in [0, 0.1) is 17.3 Å². The maximum absolute atomic E-state index is 12.4. The van der Waals surface area contributed by atoms with Crippen molar-refractivity contribution in [2.75, 3.05) is 19.6 Å². The van der Waals surface area contributed by atoms with Crippen molar-refractivity contribution in [1.29, 1.82) is 0 Å². The van der Waals surface area contributed by atoms with Gasteiger partial charge in [-0.2, -0.15) is 0 Å². The molecule has 0 aromatic heterocycles. The fraction of sp³-hybridized carbons (Fsp3) is 0.882. The first kappa shape index (κ1) is 18.9. The molecule has 1 rings (SSSR count). The minimum atomic E-state index is -0.448. The summed E-state index contributed by atoms with van der Waals surface area (Å²) in [4.78, 5) is 24.4. The van der Waals surface area contributed by atoms with Crippen molar-refractivity contribution < 1.29 is 9.59 Å². The van der Waals surface area contributed by atoms with Crippen LogP contribution in [0.3, 0.4) is 0 Å². The zero-order valence-corrected chi connectivity index (χ0v) is 14.8. The highest BCUT2D eigenvalue weighted by Crippen LogP contribution is 2.26. The molecule has 1 saturated heterocycles. The molecule has 0 radical (unpaired) electrons. The molecule has 1 heterocycles. The van der Waals surface area contributed by atoms with Crippen molar-refractivity contribution in [3.05, 3.63) is 0 Å². The van der Waals surface area contributed by atoms with E-state index in [2.05, 4.69) is 22.9 Å². The van der Waals surface area contributed by atoms with Gasteiger partial charge in [-0.05, 0) is 43.2 Å². The summed E-state index contributed by atoms with van der Waals surface area (Å²) in [6, 6.07) is -0.448. The van der Waals surface area contributed by atoms with Crippen LogP contribution in [-0.2, 0) is 9.59 Å². The zero-order valence-electron chi connectivity index (χ0n) is 14.8. The van der Waals surface area contributed by atoms with Crippen molar-refractivity contribution >= 4 is 11.8 Å². The molecule has 1 aliphatic rings. The predicted octanol–water partition coefficient (Wildman–Crippen LogP) is 1.68. The van der Waals surface area contributed by atoms with Crippen molar-refractivity contribution in [1.82, 2.24) is 16.0 Å². The minimum Gasteiger partial charge on any atom is -0.354 e. The molecule has 128 valence electrons. The lowest BCUT2D eigenvalue weighted by molar-refractivity contribution is -0.130. The fourth-order valence-corrected chi connectivity index (χ4v) is 2.76. The van der Waals surface area contributed by atoms with Gasteiger partial charge in [0.1, 0.15) is 6.04 Å². The highest BCUT2D eigenvalue weighted by molar-refractivity contribution is 5.87. The first-order valence-corrected chi connectivity index (χ1v) is 8.51. The molecule has 22 heavy (non-hydrogen) atoms. The summed E-state index contributed by atoms with van der Waals surface area (Å²) < 4.78 is 0. The van der Waals surface area contributed by atoms with Crippen LogP contribution in [-0.4, -0.2) is 37.5 Å². The molecule has 0 aliphatic carbocycles. The summed E-state index contributed by atoms with van der Waals surface area (Å²) in [6.45, 7) is 12.8. The zero-order chi connectivity index (χ0) is 16.8. The highest BCUT2D eigenvalue weighted by Gasteiger charge is 2.30. The second-order valence-corrected chi connectivity index (χ2v) is 7.67. The number of piperidine rings is 1. The molecule has 1 unspecified atom stereocenters. The van der Waals surface area contributed by atoms with Gasteiger partial charge in [0, 0.05) is 13.0 Å². The topological polar surface area (TPSA) is 70.2 Å². The first-order valence-electron chi connectivity index (χ1n) is 8.51. The van der Waals surface area contributed by atoms with Crippen molar-refractivity contribution in [2.24, 2.45) is 17.3 Å². The van der Waals surface area contributed by atoms with Gasteiger partial charge in [-0.3, -0.25) is 9.59 Å². The lowest BCUT2D eigenvalue weighted by Gasteiger charge is -2.35. The van der Waals surface area contributed by atoms with Gasteiger partial charge in [0.25, 0.3) is 0 Å². The number of carbonyl (C=O) groups excluding carboxylic acids is 2. The van der Waals surface area contributed by atoms with E-state index in [0.717, 1.165) is 25.9 Å². The fourth-order valence-electron chi connectivity index (χ4n) is 2.76. The smallest absolute Gasteiger partial charge is 0.242 e. The molecule has 1 aliphatic heterocycles. The van der Waals surface area contributed by atoms with Crippen LogP contribution in [0.4, 0.5) is 0 Å². The van der Waals surface area contributed by atoms with Crippen LogP contribution >= 0.6 is 0 Å². The van der Waals surface area contributed by atoms with Gasteiger partial charge in [-0.1, -0.05) is 34.6 Å². The first-order chi connectivity index (χ1) is 10.2. The van der Waals surface area contributed by atoms with Crippen LogP contribution in [0.15, 0.2) is 0 Å². The van der Waals surface area contributed by atoms with E-state index in [1.807, 2.05) is 27.7 Å². The maximum Gasteiger partial charge on any atom is 0.242 e. The molecular weight excluding hydrogens is 278 g/mol. The van der Waals surface area contributed by atoms with Crippen LogP contribution in [0.5, 0.6) is 0 Å². The van der Waals surface area contributed by atoms with Gasteiger partial charge in [-0.25, -0.2) is 0 Å². The molecule has 1 atom stereocenters. The van der Waals surface area contributed by atoms with Gasteiger partial charge in [-0.15, -0.1) is 0 Å². The van der Waals surface area contributed by atoms with Crippen molar-refractivity contribution in [2.45, 2.75) is 59.9 Å². The Bertz CT molecular complexity index is 374. The lowest BCUT2D eigenvalue weighted by Crippen LogP contribution is -2.52. The molecule has 0 aromatic rings. The van der Waals surface area contributed by atoms with Gasteiger partial charge < -0.3 is 16.0 Å². The number of carbonyl (C=O) groups is 2. The van der Waals surface area contributed by atoms with Gasteiger partial charge in [0.05, 0.1) is 0 Å². The maximum atomic E-state index is 12.4. The Morgan fingerprint density at radius 2 is 1.73 bits per heavy atom. The van der Waals surface area contributed by atoms with E-state index >= 15 is 0 Å². The van der Waals surface area contributed by atoms with Gasteiger partial charge in [0.15, 0.2) is 0 Å². The molecular formula is C17H33N3O2. The number of hydrogen-bond acceptors (Lipinski definition) is 3. The largest absolute Gasteiger partial charge is 0.354 e. The second-order valence-electron chi connectivity index (χ2n) is 7.67. The standard InChI is InChI=1S/C17H33N3O2/c1-12(2)10-14(21)20-15(13(3)4)16(22)19-11-17(5)6-8-18-9-7-17/h12-13,15,18H,6-11H2,1-5H3,(H,19,22)(H,20,21). The van der Waals surface area contributed by atoms with E-state index in [9.17, 15) is 9.59 Å². The van der Waals surface area contributed by atoms with E-state index in [1.165, 1.54) is 0 Å². The summed E-state index contributed by atoms with van der Waals surface area (Å²) in [5, 5.41) is 9.28. The third kappa shape index (κ3) is 6.34. The molecule has 5 nitrogen and oxygen atoms in total. The molecule has 0 saturated carbocycles. The summed E-state index contributed by atoms with van der Waals surface area (Å²) in [5.74, 6) is 0.269. The van der Waals surface area contributed by atoms with E-state index in [-0.39, 0.29) is 23.1 Å². The summed E-state index contributed by atoms with van der Waals surface area (Å²) >= 11 is 0. The molecule has 3 N–H and O–H groups in total. The van der Waals surface area contributed by atoms with Crippen LogP contribution in [0.2, 0.25) is 0 Å². The average Bonchev–Trinajstić information content (AvgIpc) is 2.42. The predicted molar refractivity (Wildman–Crippen MR) is 89.4 cm³/mol. The Hall–Kier alpha value is -1.10. The van der Waals surface area contributed by atoms with E-state index in [0.29, 0.717) is 18.9 Å². The Morgan fingerprint density at radius 3 is 2.23 bits per heavy atom. The quantitative estimate of drug-likeness (QED) is 0.670. The molecule has 0 bridgehead atoms. The van der Waals surface area contributed by atoms with Crippen LogP contribution in [0.1, 0.15) is 53.9 Å². The Balaban J connectivity index is 2.52. The monoisotopic (exact) mass is 311 g/mol. The normalized spacial score (nSPS) is 19.0. The number of hydrogen-bond donors (Lipinski definition) is 3. The minimum absolute atomic E-state index is 0.0445. The third-order valence-electron chi connectivity index (χ3n) is 4.36. The van der Waals surface area contributed by atoms with Crippen LogP contribution < -0.4 is 16.0 Å². The second kappa shape index (κ2) is 8.51. The Morgan fingerprint density at radius 1 is 1.14 bits per heavy atom. The number of amides is 2. The lowest BCUT2D eigenvalue weighted by atomic mass is 9.81. The molecule has 0 aromatic carbocycles. The summed E-state index contributed by atoms with van der Waals surface area (Å²) in [5.41, 5.74) is 0.157. The molecule has 2 amide bonds. The molecule has 5 heteroatoms. The van der Waals surface area contributed by atoms with E-state index in [1.54, 1.807) is 0 Å². The van der Waals surface area contributed by atoms with Gasteiger partial charge in [0.2, 0.25) is 11.8 Å². The highest BCUT2D eigenvalue weighted by atomic mass is 16.2. The van der Waals surface area contributed by atoms with Gasteiger partial charge >= 0.3 is 0 Å². The summed E-state index contributed by atoms with van der Waals surface area (Å²) in [7, 11) is 0. The molecule has 0 spiro atoms.